The predicted octanol–water partition coefficient (Wildman–Crippen LogP) is 5.26. The van der Waals surface area contributed by atoms with Crippen LogP contribution in [0.2, 0.25) is 0 Å². The molecule has 154 valence electrons. The van der Waals surface area contributed by atoms with E-state index in [4.69, 9.17) is 10.5 Å². The van der Waals surface area contributed by atoms with E-state index in [1.54, 1.807) is 0 Å². The Morgan fingerprint density at radius 1 is 1.10 bits per heavy atom. The predicted molar refractivity (Wildman–Crippen MR) is 120 cm³/mol. The maximum absolute atomic E-state index is 12.0. The van der Waals surface area contributed by atoms with Crippen molar-refractivity contribution in [1.29, 1.82) is 0 Å². The zero-order valence-corrected chi connectivity index (χ0v) is 18.1. The lowest BCUT2D eigenvalue weighted by Gasteiger charge is -2.14. The normalized spacial score (nSPS) is 13.4. The molecule has 0 amide bonds. The van der Waals surface area contributed by atoms with Crippen LogP contribution >= 0.6 is 0 Å². The number of fused-ring (bicyclic) bond motifs is 1. The highest BCUT2D eigenvalue weighted by molar-refractivity contribution is 5.92. The minimum absolute atomic E-state index is 0.145. The van der Waals surface area contributed by atoms with Gasteiger partial charge in [0.1, 0.15) is 0 Å². The third-order valence-corrected chi connectivity index (χ3v) is 5.49. The SMILES string of the molecule is CCOC(=O)C(C)Cc1ccc2[nH]c(-c3cc(C)cc(C)c3)c(C(C)CN)c2c1. The average molecular weight is 393 g/mol. The molecule has 0 saturated heterocycles. The summed E-state index contributed by atoms with van der Waals surface area (Å²) < 4.78 is 5.17. The van der Waals surface area contributed by atoms with Gasteiger partial charge in [0.2, 0.25) is 0 Å². The number of benzene rings is 2. The number of carbonyl (C=O) groups excluding carboxylic acids is 1. The third-order valence-electron chi connectivity index (χ3n) is 5.49. The van der Waals surface area contributed by atoms with Gasteiger partial charge in [0.25, 0.3) is 0 Å². The van der Waals surface area contributed by atoms with Crippen LogP contribution in [-0.4, -0.2) is 24.1 Å². The minimum atomic E-state index is -0.166. The number of esters is 1. The quantitative estimate of drug-likeness (QED) is 0.539. The molecular weight excluding hydrogens is 360 g/mol. The van der Waals surface area contributed by atoms with Crippen LogP contribution in [-0.2, 0) is 16.0 Å². The van der Waals surface area contributed by atoms with Gasteiger partial charge in [0.05, 0.1) is 18.2 Å². The lowest BCUT2D eigenvalue weighted by atomic mass is 9.92. The molecule has 0 aliphatic rings. The van der Waals surface area contributed by atoms with Crippen LogP contribution < -0.4 is 5.73 Å². The number of ether oxygens (including phenoxy) is 1. The fraction of sp³-hybridized carbons (Fsp3) is 0.400. The molecule has 0 radical (unpaired) electrons. The molecule has 0 bridgehead atoms. The largest absolute Gasteiger partial charge is 0.466 e. The molecule has 3 rings (SSSR count). The van der Waals surface area contributed by atoms with Crippen molar-refractivity contribution in [1.82, 2.24) is 4.98 Å². The van der Waals surface area contributed by atoms with Crippen molar-refractivity contribution in [2.24, 2.45) is 11.7 Å². The summed E-state index contributed by atoms with van der Waals surface area (Å²) in [6.45, 7) is 11.2. The second kappa shape index (κ2) is 8.83. The van der Waals surface area contributed by atoms with E-state index in [9.17, 15) is 4.79 Å². The van der Waals surface area contributed by atoms with Crippen LogP contribution in [0.4, 0.5) is 0 Å². The van der Waals surface area contributed by atoms with Gasteiger partial charge in [-0.1, -0.05) is 37.1 Å². The molecular formula is C25H32N2O2. The molecule has 0 aliphatic carbocycles. The topological polar surface area (TPSA) is 68.1 Å². The zero-order chi connectivity index (χ0) is 21.1. The monoisotopic (exact) mass is 392 g/mol. The Morgan fingerprint density at radius 3 is 2.41 bits per heavy atom. The maximum atomic E-state index is 12.0. The molecule has 3 aromatic rings. The first-order chi connectivity index (χ1) is 13.8. The second-order valence-corrected chi connectivity index (χ2v) is 8.16. The number of aryl methyl sites for hydroxylation is 2. The Morgan fingerprint density at radius 2 is 1.79 bits per heavy atom. The van der Waals surface area contributed by atoms with Gasteiger partial charge in [-0.05, 0) is 80.6 Å². The molecule has 2 unspecified atom stereocenters. The van der Waals surface area contributed by atoms with E-state index in [0.29, 0.717) is 19.6 Å². The summed E-state index contributed by atoms with van der Waals surface area (Å²) >= 11 is 0. The highest BCUT2D eigenvalue weighted by Crippen LogP contribution is 2.36. The summed E-state index contributed by atoms with van der Waals surface area (Å²) in [6.07, 6.45) is 0.662. The van der Waals surface area contributed by atoms with E-state index in [1.165, 1.54) is 27.6 Å². The number of nitrogens with two attached hydrogens (primary N) is 1. The van der Waals surface area contributed by atoms with Gasteiger partial charge in [-0.25, -0.2) is 0 Å². The molecule has 0 fully saturated rings. The van der Waals surface area contributed by atoms with E-state index in [2.05, 4.69) is 62.2 Å². The van der Waals surface area contributed by atoms with E-state index in [0.717, 1.165) is 16.8 Å². The first-order valence-electron chi connectivity index (χ1n) is 10.4. The Bertz CT molecular complexity index is 999. The molecule has 2 aromatic carbocycles. The number of aromatic amines is 1. The van der Waals surface area contributed by atoms with E-state index >= 15 is 0 Å². The van der Waals surface area contributed by atoms with Crippen molar-refractivity contribution < 1.29 is 9.53 Å². The van der Waals surface area contributed by atoms with E-state index < -0.39 is 0 Å². The second-order valence-electron chi connectivity index (χ2n) is 8.16. The van der Waals surface area contributed by atoms with Crippen molar-refractivity contribution >= 4 is 16.9 Å². The van der Waals surface area contributed by atoms with Gasteiger partial charge >= 0.3 is 5.97 Å². The van der Waals surface area contributed by atoms with Crippen LogP contribution in [0.5, 0.6) is 0 Å². The molecule has 2 atom stereocenters. The Hall–Kier alpha value is -2.59. The van der Waals surface area contributed by atoms with Gasteiger partial charge in [-0.2, -0.15) is 0 Å². The zero-order valence-electron chi connectivity index (χ0n) is 18.1. The number of carbonyl (C=O) groups is 1. The highest BCUT2D eigenvalue weighted by Gasteiger charge is 2.20. The minimum Gasteiger partial charge on any atom is -0.466 e. The molecule has 1 aromatic heterocycles. The van der Waals surface area contributed by atoms with Crippen molar-refractivity contribution in [3.63, 3.8) is 0 Å². The molecule has 0 aliphatic heterocycles. The van der Waals surface area contributed by atoms with Gasteiger partial charge in [-0.3, -0.25) is 4.79 Å². The molecule has 29 heavy (non-hydrogen) atoms. The van der Waals surface area contributed by atoms with Gasteiger partial charge in [0.15, 0.2) is 0 Å². The van der Waals surface area contributed by atoms with Gasteiger partial charge < -0.3 is 15.5 Å². The lowest BCUT2D eigenvalue weighted by Crippen LogP contribution is -2.16. The molecule has 3 N–H and O–H groups in total. The van der Waals surface area contributed by atoms with Crippen molar-refractivity contribution in [2.75, 3.05) is 13.2 Å². The average Bonchev–Trinajstić information content (AvgIpc) is 3.05. The Labute approximate surface area is 173 Å². The van der Waals surface area contributed by atoms with Gasteiger partial charge in [0, 0.05) is 10.9 Å². The molecule has 0 spiro atoms. The summed E-state index contributed by atoms with van der Waals surface area (Å²) in [7, 11) is 0. The van der Waals surface area contributed by atoms with E-state index in [-0.39, 0.29) is 17.8 Å². The summed E-state index contributed by atoms with van der Waals surface area (Å²) in [6, 6.07) is 13.0. The fourth-order valence-electron chi connectivity index (χ4n) is 4.08. The van der Waals surface area contributed by atoms with Crippen molar-refractivity contribution in [2.45, 2.75) is 47.0 Å². The number of hydrogen-bond acceptors (Lipinski definition) is 3. The Balaban J connectivity index is 2.08. The van der Waals surface area contributed by atoms with Crippen molar-refractivity contribution in [3.05, 3.63) is 58.7 Å². The first kappa shape index (κ1) is 21.1. The number of hydrogen-bond donors (Lipinski definition) is 2. The molecule has 0 saturated carbocycles. The Kier molecular flexibility index (Phi) is 6.43. The third kappa shape index (κ3) is 4.54. The molecule has 1 heterocycles. The summed E-state index contributed by atoms with van der Waals surface area (Å²) in [5.41, 5.74) is 14.4. The number of aromatic nitrogens is 1. The first-order valence-corrected chi connectivity index (χ1v) is 10.4. The van der Waals surface area contributed by atoms with Crippen LogP contribution in [0.25, 0.3) is 22.2 Å². The summed E-state index contributed by atoms with van der Waals surface area (Å²) in [5.74, 6) is -0.0916. The fourth-order valence-corrected chi connectivity index (χ4v) is 4.08. The summed E-state index contributed by atoms with van der Waals surface area (Å²) in [4.78, 5) is 15.7. The smallest absolute Gasteiger partial charge is 0.308 e. The summed E-state index contributed by atoms with van der Waals surface area (Å²) in [5, 5.41) is 1.19. The number of rotatable bonds is 7. The number of H-pyrrole nitrogens is 1. The van der Waals surface area contributed by atoms with Gasteiger partial charge in [-0.15, -0.1) is 0 Å². The van der Waals surface area contributed by atoms with Crippen LogP contribution in [0.3, 0.4) is 0 Å². The van der Waals surface area contributed by atoms with Crippen molar-refractivity contribution in [3.8, 4) is 11.3 Å². The van der Waals surface area contributed by atoms with E-state index in [1.807, 2.05) is 13.8 Å². The lowest BCUT2D eigenvalue weighted by molar-refractivity contribution is -0.147. The van der Waals surface area contributed by atoms with Crippen LogP contribution in [0, 0.1) is 19.8 Å². The maximum Gasteiger partial charge on any atom is 0.308 e. The highest BCUT2D eigenvalue weighted by atomic mass is 16.5. The van der Waals surface area contributed by atoms with Crippen LogP contribution in [0.1, 0.15) is 48.9 Å². The molecule has 4 nitrogen and oxygen atoms in total. The number of nitrogens with one attached hydrogen (secondary N) is 1. The molecule has 4 heteroatoms. The standard InChI is InChI=1S/C25H32N2O2/c1-6-29-25(28)17(4)12-19-7-8-22-21(13-19)23(18(5)14-26)24(27-22)20-10-15(2)9-16(3)11-20/h7-11,13,17-18,27H,6,12,14,26H2,1-5H3. The van der Waals surface area contributed by atoms with Crippen LogP contribution in [0.15, 0.2) is 36.4 Å².